The molecule has 2 aromatic heterocycles. The second-order valence-electron chi connectivity index (χ2n) is 3.28. The topological polar surface area (TPSA) is 70.8 Å². The van der Waals surface area contributed by atoms with Gasteiger partial charge in [0.2, 0.25) is 11.9 Å². The number of imidazole rings is 1. The van der Waals surface area contributed by atoms with E-state index in [1.54, 1.807) is 6.07 Å². The molecule has 0 spiro atoms. The number of hydrogen-bond acceptors (Lipinski definition) is 4. The first-order chi connectivity index (χ1) is 7.20. The standard InChI is InChI=1S/C9H12FN5/c1-15(5-4-11)9-12-6-2-3-7(10)13-8(6)14-9/h2-3H,4-5,11H2,1H3,(H,12,13,14). The second kappa shape index (κ2) is 3.82. The molecule has 2 aromatic rings. The van der Waals surface area contributed by atoms with Crippen LogP contribution in [0.15, 0.2) is 12.1 Å². The third-order valence-electron chi connectivity index (χ3n) is 2.13. The molecule has 0 unspecified atom stereocenters. The molecule has 0 amide bonds. The van der Waals surface area contributed by atoms with Gasteiger partial charge in [0, 0.05) is 20.1 Å². The zero-order chi connectivity index (χ0) is 10.8. The third-order valence-corrected chi connectivity index (χ3v) is 2.13. The summed E-state index contributed by atoms with van der Waals surface area (Å²) in [5, 5.41) is 0. The van der Waals surface area contributed by atoms with E-state index in [0.29, 0.717) is 24.7 Å². The molecule has 2 heterocycles. The fourth-order valence-electron chi connectivity index (χ4n) is 1.34. The van der Waals surface area contributed by atoms with Crippen LogP contribution in [0.4, 0.5) is 10.3 Å². The normalized spacial score (nSPS) is 10.9. The number of halogens is 1. The molecule has 0 aliphatic carbocycles. The lowest BCUT2D eigenvalue weighted by atomic mass is 10.4. The quantitative estimate of drug-likeness (QED) is 0.722. The number of nitrogens with two attached hydrogens (primary N) is 1. The lowest BCUT2D eigenvalue weighted by Crippen LogP contribution is -2.25. The average Bonchev–Trinajstić information content (AvgIpc) is 2.60. The highest BCUT2D eigenvalue weighted by Gasteiger charge is 2.07. The highest BCUT2D eigenvalue weighted by Crippen LogP contribution is 2.14. The SMILES string of the molecule is CN(CCN)c1nc2nc(F)ccc2[nH]1. The van der Waals surface area contributed by atoms with Crippen LogP contribution in [-0.2, 0) is 0 Å². The Morgan fingerprint density at radius 2 is 2.27 bits per heavy atom. The minimum atomic E-state index is -0.526. The van der Waals surface area contributed by atoms with Gasteiger partial charge in [-0.15, -0.1) is 0 Å². The van der Waals surface area contributed by atoms with Crippen LogP contribution in [0, 0.1) is 5.95 Å². The van der Waals surface area contributed by atoms with Crippen molar-refractivity contribution in [3.63, 3.8) is 0 Å². The molecule has 0 saturated heterocycles. The van der Waals surface area contributed by atoms with E-state index >= 15 is 0 Å². The Hall–Kier alpha value is -1.69. The van der Waals surface area contributed by atoms with Gasteiger partial charge in [-0.1, -0.05) is 0 Å². The molecule has 0 aliphatic rings. The van der Waals surface area contributed by atoms with Crippen molar-refractivity contribution >= 4 is 17.1 Å². The van der Waals surface area contributed by atoms with Crippen LogP contribution in [0.5, 0.6) is 0 Å². The highest BCUT2D eigenvalue weighted by atomic mass is 19.1. The van der Waals surface area contributed by atoms with Gasteiger partial charge in [0.1, 0.15) is 0 Å². The number of fused-ring (bicyclic) bond motifs is 1. The average molecular weight is 209 g/mol. The molecular weight excluding hydrogens is 197 g/mol. The fraction of sp³-hybridized carbons (Fsp3) is 0.333. The van der Waals surface area contributed by atoms with E-state index in [9.17, 15) is 4.39 Å². The van der Waals surface area contributed by atoms with Crippen LogP contribution < -0.4 is 10.6 Å². The second-order valence-corrected chi connectivity index (χ2v) is 3.28. The lowest BCUT2D eigenvalue weighted by Gasteiger charge is -2.13. The van der Waals surface area contributed by atoms with Gasteiger partial charge < -0.3 is 15.6 Å². The summed E-state index contributed by atoms with van der Waals surface area (Å²) in [6.45, 7) is 1.22. The van der Waals surface area contributed by atoms with Crippen molar-refractivity contribution in [1.82, 2.24) is 15.0 Å². The maximum atomic E-state index is 12.8. The van der Waals surface area contributed by atoms with Crippen LogP contribution in [-0.4, -0.2) is 35.1 Å². The summed E-state index contributed by atoms with van der Waals surface area (Å²) in [6.07, 6.45) is 0. The Bertz CT molecular complexity index is 466. The van der Waals surface area contributed by atoms with E-state index in [2.05, 4.69) is 15.0 Å². The number of aromatic amines is 1. The number of likely N-dealkylation sites (N-methyl/N-ethyl adjacent to an activating group) is 1. The Morgan fingerprint density at radius 3 is 3.00 bits per heavy atom. The predicted octanol–water partition coefficient (Wildman–Crippen LogP) is 0.492. The first-order valence-electron chi connectivity index (χ1n) is 4.64. The van der Waals surface area contributed by atoms with Crippen molar-refractivity contribution in [3.05, 3.63) is 18.1 Å². The molecule has 0 radical (unpaired) electrons. The van der Waals surface area contributed by atoms with E-state index < -0.39 is 5.95 Å². The van der Waals surface area contributed by atoms with Crippen molar-refractivity contribution in [2.45, 2.75) is 0 Å². The van der Waals surface area contributed by atoms with E-state index in [1.807, 2.05) is 11.9 Å². The van der Waals surface area contributed by atoms with E-state index in [4.69, 9.17) is 5.73 Å². The molecule has 2 rings (SSSR count). The van der Waals surface area contributed by atoms with Gasteiger partial charge >= 0.3 is 0 Å². The highest BCUT2D eigenvalue weighted by molar-refractivity contribution is 5.73. The summed E-state index contributed by atoms with van der Waals surface area (Å²) in [4.78, 5) is 12.7. The number of H-pyrrole nitrogens is 1. The van der Waals surface area contributed by atoms with Crippen LogP contribution in [0.3, 0.4) is 0 Å². The van der Waals surface area contributed by atoms with Gasteiger partial charge in [-0.25, -0.2) is 0 Å². The van der Waals surface area contributed by atoms with E-state index in [1.165, 1.54) is 6.07 Å². The van der Waals surface area contributed by atoms with Crippen LogP contribution in [0.2, 0.25) is 0 Å². The maximum Gasteiger partial charge on any atom is 0.215 e. The summed E-state index contributed by atoms with van der Waals surface area (Å²) < 4.78 is 12.8. The van der Waals surface area contributed by atoms with Gasteiger partial charge in [-0.2, -0.15) is 14.4 Å². The van der Waals surface area contributed by atoms with Gasteiger partial charge in [-0.05, 0) is 12.1 Å². The van der Waals surface area contributed by atoms with E-state index in [-0.39, 0.29) is 0 Å². The molecule has 0 saturated carbocycles. The minimum absolute atomic E-state index is 0.383. The molecule has 3 N–H and O–H groups in total. The molecule has 15 heavy (non-hydrogen) atoms. The summed E-state index contributed by atoms with van der Waals surface area (Å²) in [6, 6.07) is 2.91. The molecule has 0 fully saturated rings. The van der Waals surface area contributed by atoms with Crippen molar-refractivity contribution < 1.29 is 4.39 Å². The minimum Gasteiger partial charge on any atom is -0.344 e. The van der Waals surface area contributed by atoms with Gasteiger partial charge in [-0.3, -0.25) is 0 Å². The predicted molar refractivity (Wildman–Crippen MR) is 56.2 cm³/mol. The zero-order valence-corrected chi connectivity index (χ0v) is 8.37. The first kappa shape index (κ1) is 9.85. The number of nitrogens with zero attached hydrogens (tertiary/aromatic N) is 3. The van der Waals surface area contributed by atoms with Crippen LogP contribution in [0.25, 0.3) is 11.2 Å². The number of hydrogen-bond donors (Lipinski definition) is 2. The van der Waals surface area contributed by atoms with Crippen LogP contribution in [0.1, 0.15) is 0 Å². The number of nitrogens with one attached hydrogen (secondary N) is 1. The number of anilines is 1. The Morgan fingerprint density at radius 1 is 1.47 bits per heavy atom. The smallest absolute Gasteiger partial charge is 0.215 e. The summed E-state index contributed by atoms with van der Waals surface area (Å²) >= 11 is 0. The molecule has 0 atom stereocenters. The monoisotopic (exact) mass is 209 g/mol. The number of rotatable bonds is 3. The molecule has 80 valence electrons. The largest absolute Gasteiger partial charge is 0.344 e. The molecular formula is C9H12FN5. The van der Waals surface area contributed by atoms with Gasteiger partial charge in [0.15, 0.2) is 5.65 Å². The third kappa shape index (κ3) is 1.89. The molecule has 0 aromatic carbocycles. The summed E-state index contributed by atoms with van der Waals surface area (Å²) in [5.41, 5.74) is 6.53. The Labute approximate surface area is 86.1 Å². The Kier molecular flexibility index (Phi) is 2.51. The van der Waals surface area contributed by atoms with Crippen molar-refractivity contribution in [1.29, 1.82) is 0 Å². The summed E-state index contributed by atoms with van der Waals surface area (Å²) in [5.74, 6) is 0.121. The Balaban J connectivity index is 2.38. The zero-order valence-electron chi connectivity index (χ0n) is 8.37. The van der Waals surface area contributed by atoms with Crippen molar-refractivity contribution in [2.75, 3.05) is 25.0 Å². The molecule has 5 nitrogen and oxygen atoms in total. The number of aromatic nitrogens is 3. The van der Waals surface area contributed by atoms with Gasteiger partial charge in [0.25, 0.3) is 0 Å². The molecule has 0 bridgehead atoms. The molecule has 6 heteroatoms. The lowest BCUT2D eigenvalue weighted by molar-refractivity contribution is 0.588. The molecule has 0 aliphatic heterocycles. The maximum absolute atomic E-state index is 12.8. The summed E-state index contributed by atoms with van der Waals surface area (Å²) in [7, 11) is 1.86. The number of pyridine rings is 1. The van der Waals surface area contributed by atoms with Crippen molar-refractivity contribution in [2.24, 2.45) is 5.73 Å². The van der Waals surface area contributed by atoms with Crippen molar-refractivity contribution in [3.8, 4) is 0 Å². The van der Waals surface area contributed by atoms with Crippen LogP contribution >= 0.6 is 0 Å². The fourth-order valence-corrected chi connectivity index (χ4v) is 1.34. The van der Waals surface area contributed by atoms with E-state index in [0.717, 1.165) is 5.52 Å². The first-order valence-corrected chi connectivity index (χ1v) is 4.64. The van der Waals surface area contributed by atoms with Gasteiger partial charge in [0.05, 0.1) is 5.52 Å².